The number of thiazole rings is 1. The van der Waals surface area contributed by atoms with Gasteiger partial charge in [-0.15, -0.1) is 0 Å². The lowest BCUT2D eigenvalue weighted by molar-refractivity contribution is -0.144. The van der Waals surface area contributed by atoms with Crippen molar-refractivity contribution in [2.75, 3.05) is 5.32 Å². The van der Waals surface area contributed by atoms with Gasteiger partial charge in [-0.1, -0.05) is 17.4 Å². The van der Waals surface area contributed by atoms with Crippen molar-refractivity contribution in [1.82, 2.24) is 19.7 Å². The van der Waals surface area contributed by atoms with Crippen LogP contribution in [0.2, 0.25) is 0 Å². The molecule has 0 amide bonds. The molecule has 22 heavy (non-hydrogen) atoms. The first-order valence-corrected chi connectivity index (χ1v) is 7.21. The molecular formula is C13H12F3N5S. The molecule has 0 aliphatic carbocycles. The zero-order chi connectivity index (χ0) is 15.9. The van der Waals surface area contributed by atoms with Gasteiger partial charge in [-0.05, 0) is 13.0 Å². The Morgan fingerprint density at radius 2 is 2.14 bits per heavy atom. The fourth-order valence-electron chi connectivity index (χ4n) is 2.17. The zero-order valence-electron chi connectivity index (χ0n) is 11.7. The molecule has 0 saturated heterocycles. The molecular weight excluding hydrogens is 315 g/mol. The summed E-state index contributed by atoms with van der Waals surface area (Å²) in [5.74, 6) is 0. The van der Waals surface area contributed by atoms with E-state index in [4.69, 9.17) is 0 Å². The maximum Gasteiger partial charge on any atom is 0.412 e. The average Bonchev–Trinajstić information content (AvgIpc) is 2.98. The Morgan fingerprint density at radius 3 is 2.73 bits per heavy atom. The molecule has 0 aliphatic heterocycles. The first-order valence-electron chi connectivity index (χ1n) is 6.39. The monoisotopic (exact) mass is 327 g/mol. The molecule has 0 aromatic carbocycles. The minimum Gasteiger partial charge on any atom is -0.346 e. The van der Waals surface area contributed by atoms with Crippen LogP contribution in [0.25, 0.3) is 10.3 Å². The molecule has 9 heteroatoms. The molecule has 3 aromatic rings. The molecule has 3 heterocycles. The molecule has 3 rings (SSSR count). The number of nitrogens with zero attached hydrogens (tertiary/aromatic N) is 4. The van der Waals surface area contributed by atoms with E-state index in [1.165, 1.54) is 24.5 Å². The Morgan fingerprint density at radius 1 is 1.36 bits per heavy atom. The van der Waals surface area contributed by atoms with Gasteiger partial charge in [-0.3, -0.25) is 4.98 Å². The van der Waals surface area contributed by atoms with Crippen LogP contribution in [0, 0.1) is 6.92 Å². The average molecular weight is 327 g/mol. The summed E-state index contributed by atoms with van der Waals surface area (Å²) < 4.78 is 42.2. The highest BCUT2D eigenvalue weighted by Crippen LogP contribution is 2.37. The quantitative estimate of drug-likeness (QED) is 0.800. The summed E-state index contributed by atoms with van der Waals surface area (Å²) in [5, 5.41) is 6.85. The number of hydrogen-bond donors (Lipinski definition) is 1. The Hall–Kier alpha value is -2.16. The van der Waals surface area contributed by atoms with E-state index < -0.39 is 12.2 Å². The standard InChI is InChI=1S/C13H12F3N5S/c1-7-9-11(21(2)20-7)19-12(22-9)18-10(13(14,15)16)8-4-3-5-17-6-8/h3-6,10H,1-2H3,(H,18,19)/t10-/m0/s1. The summed E-state index contributed by atoms with van der Waals surface area (Å²) in [6.45, 7) is 1.80. The van der Waals surface area contributed by atoms with Crippen molar-refractivity contribution in [3.05, 3.63) is 35.8 Å². The molecule has 1 atom stereocenters. The van der Waals surface area contributed by atoms with Gasteiger partial charge in [0.2, 0.25) is 0 Å². The van der Waals surface area contributed by atoms with E-state index in [0.717, 1.165) is 21.7 Å². The lowest BCUT2D eigenvalue weighted by Gasteiger charge is -2.21. The van der Waals surface area contributed by atoms with Crippen LogP contribution in [0.1, 0.15) is 17.3 Å². The zero-order valence-corrected chi connectivity index (χ0v) is 12.5. The van der Waals surface area contributed by atoms with Crippen LogP contribution in [0.4, 0.5) is 18.3 Å². The molecule has 0 spiro atoms. The van der Waals surface area contributed by atoms with Crippen molar-refractivity contribution in [3.8, 4) is 0 Å². The summed E-state index contributed by atoms with van der Waals surface area (Å²) in [4.78, 5) is 7.95. The van der Waals surface area contributed by atoms with Gasteiger partial charge in [-0.25, -0.2) is 9.67 Å². The molecule has 0 saturated carbocycles. The van der Waals surface area contributed by atoms with Gasteiger partial charge >= 0.3 is 6.18 Å². The van der Waals surface area contributed by atoms with Crippen LogP contribution in [-0.2, 0) is 7.05 Å². The number of alkyl halides is 3. The van der Waals surface area contributed by atoms with Gasteiger partial charge in [0.25, 0.3) is 0 Å². The highest BCUT2D eigenvalue weighted by atomic mass is 32.1. The number of hydrogen-bond acceptors (Lipinski definition) is 5. The number of pyridine rings is 1. The molecule has 0 aliphatic rings. The number of anilines is 1. The number of aromatic nitrogens is 4. The summed E-state index contributed by atoms with van der Waals surface area (Å²) in [7, 11) is 1.71. The number of halogens is 3. The van der Waals surface area contributed by atoms with Gasteiger partial charge in [0.15, 0.2) is 16.8 Å². The molecule has 0 fully saturated rings. The third-order valence-corrected chi connectivity index (χ3v) is 4.24. The van der Waals surface area contributed by atoms with Crippen LogP contribution in [0.5, 0.6) is 0 Å². The van der Waals surface area contributed by atoms with E-state index in [2.05, 4.69) is 20.4 Å². The van der Waals surface area contributed by atoms with E-state index in [1.807, 2.05) is 0 Å². The van der Waals surface area contributed by atoms with Crippen LogP contribution in [0.15, 0.2) is 24.5 Å². The smallest absolute Gasteiger partial charge is 0.346 e. The first-order chi connectivity index (χ1) is 10.4. The number of aryl methyl sites for hydroxylation is 2. The number of fused-ring (bicyclic) bond motifs is 1. The van der Waals surface area contributed by atoms with E-state index in [0.29, 0.717) is 5.65 Å². The van der Waals surface area contributed by atoms with Crippen molar-refractivity contribution >= 4 is 26.8 Å². The molecule has 0 radical (unpaired) electrons. The maximum atomic E-state index is 13.3. The highest BCUT2D eigenvalue weighted by molar-refractivity contribution is 7.22. The maximum absolute atomic E-state index is 13.3. The van der Waals surface area contributed by atoms with Crippen molar-refractivity contribution < 1.29 is 13.2 Å². The lowest BCUT2D eigenvalue weighted by Crippen LogP contribution is -2.27. The summed E-state index contributed by atoms with van der Waals surface area (Å²) >= 11 is 1.16. The van der Waals surface area contributed by atoms with E-state index in [9.17, 15) is 13.2 Å². The van der Waals surface area contributed by atoms with Crippen LogP contribution < -0.4 is 5.32 Å². The molecule has 0 unspecified atom stereocenters. The largest absolute Gasteiger partial charge is 0.412 e. The second-order valence-electron chi connectivity index (χ2n) is 4.79. The molecule has 0 bridgehead atoms. The SMILES string of the molecule is Cc1nn(C)c2nc(N[C@@H](c3cccnc3)C(F)(F)F)sc12. The number of nitrogens with one attached hydrogen (secondary N) is 1. The third-order valence-electron chi connectivity index (χ3n) is 3.16. The Bertz CT molecular complexity index is 759. The normalized spacial score (nSPS) is 13.5. The van der Waals surface area contributed by atoms with Crippen molar-refractivity contribution in [2.24, 2.45) is 7.05 Å². The molecule has 1 N–H and O–H groups in total. The van der Waals surface area contributed by atoms with E-state index >= 15 is 0 Å². The minimum atomic E-state index is -4.45. The Labute approximate surface area is 127 Å². The minimum absolute atomic E-state index is 0.0455. The van der Waals surface area contributed by atoms with E-state index in [1.54, 1.807) is 18.7 Å². The van der Waals surface area contributed by atoms with Crippen LogP contribution in [0.3, 0.4) is 0 Å². The van der Waals surface area contributed by atoms with Gasteiger partial charge < -0.3 is 5.32 Å². The van der Waals surface area contributed by atoms with Gasteiger partial charge in [0.05, 0.1) is 10.4 Å². The highest BCUT2D eigenvalue weighted by Gasteiger charge is 2.41. The fraction of sp³-hybridized carbons (Fsp3) is 0.308. The van der Waals surface area contributed by atoms with Crippen molar-refractivity contribution in [3.63, 3.8) is 0 Å². The Balaban J connectivity index is 1.97. The van der Waals surface area contributed by atoms with Gasteiger partial charge in [-0.2, -0.15) is 18.3 Å². The van der Waals surface area contributed by atoms with Gasteiger partial charge in [0, 0.05) is 25.0 Å². The first kappa shape index (κ1) is 14.8. The summed E-state index contributed by atoms with van der Waals surface area (Å²) in [6, 6.07) is 1.01. The predicted octanol–water partition coefficient (Wildman–Crippen LogP) is 3.45. The molecule has 5 nitrogen and oxygen atoms in total. The summed E-state index contributed by atoms with van der Waals surface area (Å²) in [6.07, 6.45) is -1.82. The topological polar surface area (TPSA) is 55.6 Å². The van der Waals surface area contributed by atoms with Crippen LogP contribution in [-0.4, -0.2) is 25.9 Å². The van der Waals surface area contributed by atoms with Crippen molar-refractivity contribution in [2.45, 2.75) is 19.1 Å². The summed E-state index contributed by atoms with van der Waals surface area (Å²) in [5.41, 5.74) is 1.36. The second-order valence-corrected chi connectivity index (χ2v) is 5.79. The van der Waals surface area contributed by atoms with E-state index in [-0.39, 0.29) is 10.7 Å². The molecule has 3 aromatic heterocycles. The molecule has 116 valence electrons. The van der Waals surface area contributed by atoms with Crippen molar-refractivity contribution in [1.29, 1.82) is 0 Å². The van der Waals surface area contributed by atoms with Crippen LogP contribution >= 0.6 is 11.3 Å². The number of rotatable bonds is 3. The Kier molecular flexibility index (Phi) is 3.51. The third kappa shape index (κ3) is 2.63. The van der Waals surface area contributed by atoms with Gasteiger partial charge in [0.1, 0.15) is 0 Å². The lowest BCUT2D eigenvalue weighted by atomic mass is 10.1. The predicted molar refractivity (Wildman–Crippen MR) is 77.8 cm³/mol. The second kappa shape index (κ2) is 5.24. The fourth-order valence-corrected chi connectivity index (χ4v) is 3.13.